The van der Waals surface area contributed by atoms with Gasteiger partial charge in [0.1, 0.15) is 60.4 Å². The quantitative estimate of drug-likeness (QED) is 0.0245. The van der Waals surface area contributed by atoms with Crippen molar-refractivity contribution in [2.45, 2.75) is 165 Å². The van der Waals surface area contributed by atoms with E-state index < -0.39 is 132 Å². The van der Waals surface area contributed by atoms with E-state index in [1.54, 1.807) is 66.7 Å². The van der Waals surface area contributed by atoms with E-state index in [1.807, 2.05) is 92.7 Å². The standard InChI is InChI=1S/C83H108ClN15O14/c1-52(2)42-65(74(102)89-64(16-9-10-32-85)82(110)99-33-11-17-72(99)81(109)88-53(3)73(86)101)90-75(103)67(45-55-18-22-58(23-19-55)49-97-34-38-112-39-35-97)92-77(105)69(46-56-20-24-59(25-21-56)50-98-36-40-113-41-37-98)94-80(108)71(51-100)95-78(106)66(44-54-12-5-4-6-13-54)91-76(104)68(47-57-27-30-63(84)31-28-57)93-79(107)70(96-83(87)111)48-60-26-29-61-14-7-8-15-62(61)43-60/h4-8,12-15,18-31,43,52-53,64-72,100H,9-11,16-17,32-42,44-51,85H2,1-3H3,(H2,86,101)(H,88,109)(H,89,102)(H,90,103)(H,91,104)(H,92,105)(H,93,107)(H,94,108)(H,95,106)(H3,87,96,111)/t53-,64+,65+,66-,67-,68-,69+,70-,71+,72+/m1/s1. The van der Waals surface area contributed by atoms with Crippen LogP contribution >= 0.6 is 11.6 Å². The Morgan fingerprint density at radius 3 is 1.32 bits per heavy atom. The summed E-state index contributed by atoms with van der Waals surface area (Å²) in [6.45, 7) is 11.1. The van der Waals surface area contributed by atoms with Gasteiger partial charge in [-0.25, -0.2) is 4.79 Å². The van der Waals surface area contributed by atoms with Crippen LogP contribution in [0.15, 0.2) is 146 Å². The molecule has 113 heavy (non-hydrogen) atoms. The Hall–Kier alpha value is -10.4. The SMILES string of the molecule is CC(C)C[C@H](NC(=O)[C@@H](Cc1ccc(CN2CCOCC2)cc1)NC(=O)[C@H](Cc1ccc(CN2CCOCC2)cc1)NC(=O)[C@H](CO)NC(=O)[C@@H](Cc1ccccc1)NC(=O)[C@@H](Cc1ccc(Cl)cc1)NC(=O)[C@@H](Cc1ccc2ccccc2c1)NC(N)=O)C(=O)N[C@@H](CCCCN)C(=O)N1CCC[C@H]1C(=O)N[C@H](C)C(N)=O. The second kappa shape index (κ2) is 43.6. The molecule has 9 rings (SSSR count). The molecule has 3 aliphatic heterocycles. The second-order valence-corrected chi connectivity index (χ2v) is 30.1. The maximum absolute atomic E-state index is 15.5. The molecule has 3 aliphatic rings. The van der Waals surface area contributed by atoms with Gasteiger partial charge in [-0.3, -0.25) is 57.7 Å². The number of urea groups is 1. The lowest BCUT2D eigenvalue weighted by atomic mass is 9.98. The van der Waals surface area contributed by atoms with Crippen molar-refractivity contribution in [2.75, 3.05) is 72.3 Å². The summed E-state index contributed by atoms with van der Waals surface area (Å²) in [5, 5.41) is 38.1. The highest BCUT2D eigenvalue weighted by Crippen LogP contribution is 2.23. The zero-order valence-electron chi connectivity index (χ0n) is 64.4. The van der Waals surface area contributed by atoms with Crippen LogP contribution in [0, 0.1) is 5.92 Å². The van der Waals surface area contributed by atoms with E-state index in [2.05, 4.69) is 57.7 Å². The average molecular weight is 1580 g/mol. The highest BCUT2D eigenvalue weighted by atomic mass is 35.5. The van der Waals surface area contributed by atoms with Crippen molar-refractivity contribution < 1.29 is 67.3 Å². The van der Waals surface area contributed by atoms with Crippen LogP contribution in [0.4, 0.5) is 4.79 Å². The molecular formula is C83H108ClN15O14. The molecule has 0 saturated carbocycles. The van der Waals surface area contributed by atoms with Gasteiger partial charge >= 0.3 is 6.03 Å². The monoisotopic (exact) mass is 1570 g/mol. The van der Waals surface area contributed by atoms with E-state index in [0.29, 0.717) is 105 Å². The summed E-state index contributed by atoms with van der Waals surface area (Å²) in [5.74, 6) is -8.12. The third-order valence-electron chi connectivity index (χ3n) is 20.3. The van der Waals surface area contributed by atoms with Crippen LogP contribution in [0.5, 0.6) is 0 Å². The van der Waals surface area contributed by atoms with Crippen molar-refractivity contribution in [2.24, 2.45) is 23.1 Å². The molecule has 3 saturated heterocycles. The van der Waals surface area contributed by atoms with Crippen LogP contribution in [-0.4, -0.2) is 218 Å². The molecule has 3 heterocycles. The van der Waals surface area contributed by atoms with Crippen molar-refractivity contribution in [1.82, 2.24) is 62.6 Å². The van der Waals surface area contributed by atoms with E-state index in [0.717, 1.165) is 48.1 Å². The van der Waals surface area contributed by atoms with Gasteiger partial charge in [0.2, 0.25) is 59.1 Å². The molecule has 29 nitrogen and oxygen atoms in total. The summed E-state index contributed by atoms with van der Waals surface area (Å²) in [5.41, 5.74) is 21.9. The smallest absolute Gasteiger partial charge is 0.312 e. The number of halogens is 1. The van der Waals surface area contributed by atoms with E-state index in [1.165, 1.54) is 11.8 Å². The molecule has 0 unspecified atom stereocenters. The zero-order chi connectivity index (χ0) is 80.9. The molecule has 16 N–H and O–H groups in total. The molecule has 12 amide bonds. The number of benzene rings is 6. The zero-order valence-corrected chi connectivity index (χ0v) is 65.1. The van der Waals surface area contributed by atoms with Crippen molar-refractivity contribution in [3.05, 3.63) is 190 Å². The lowest BCUT2D eigenvalue weighted by Crippen LogP contribution is -2.62. The van der Waals surface area contributed by atoms with Crippen molar-refractivity contribution in [1.29, 1.82) is 0 Å². The number of rotatable bonds is 40. The number of hydrogen-bond donors (Lipinski definition) is 13. The molecule has 10 atom stereocenters. The van der Waals surface area contributed by atoms with E-state index >= 15 is 19.2 Å². The minimum atomic E-state index is -1.79. The first-order chi connectivity index (χ1) is 54.4. The Morgan fingerprint density at radius 1 is 0.451 bits per heavy atom. The van der Waals surface area contributed by atoms with Crippen molar-refractivity contribution in [3.8, 4) is 0 Å². The Balaban J connectivity index is 0.993. The Morgan fingerprint density at radius 2 is 0.850 bits per heavy atom. The number of amides is 12. The second-order valence-electron chi connectivity index (χ2n) is 29.6. The number of ether oxygens (including phenoxy) is 2. The molecule has 3 fully saturated rings. The fourth-order valence-corrected chi connectivity index (χ4v) is 14.2. The number of fused-ring (bicyclic) bond motifs is 1. The predicted octanol–water partition coefficient (Wildman–Crippen LogP) is 2.25. The topological polar surface area (TPSA) is 423 Å². The van der Waals surface area contributed by atoms with Crippen molar-refractivity contribution in [3.63, 3.8) is 0 Å². The van der Waals surface area contributed by atoms with Gasteiger partial charge in [-0.1, -0.05) is 159 Å². The van der Waals surface area contributed by atoms with Gasteiger partial charge in [0.15, 0.2) is 0 Å². The first-order valence-electron chi connectivity index (χ1n) is 38.8. The maximum Gasteiger partial charge on any atom is 0.312 e. The molecule has 0 aromatic heterocycles. The minimum Gasteiger partial charge on any atom is -0.394 e. The summed E-state index contributed by atoms with van der Waals surface area (Å²) in [7, 11) is 0. The summed E-state index contributed by atoms with van der Waals surface area (Å²) < 4.78 is 11.1. The Kier molecular flexibility index (Phi) is 33.4. The normalized spacial score (nSPS) is 17.0. The molecular weight excluding hydrogens is 1470 g/mol. The fourth-order valence-electron chi connectivity index (χ4n) is 14.0. The molecule has 0 bridgehead atoms. The van der Waals surface area contributed by atoms with Crippen LogP contribution in [-0.2, 0) is 103 Å². The Labute approximate surface area is 664 Å². The fraction of sp³-hybridized carbons (Fsp3) is 0.458. The Bertz CT molecular complexity index is 4190. The molecule has 6 aromatic carbocycles. The molecule has 0 radical (unpaired) electrons. The number of carbonyl (C=O) groups is 11. The molecule has 6 aromatic rings. The molecule has 30 heteroatoms. The number of aliphatic hydroxyl groups excluding tert-OH is 1. The van der Waals surface area contributed by atoms with Gasteiger partial charge in [-0.2, -0.15) is 0 Å². The van der Waals surface area contributed by atoms with Gasteiger partial charge in [0.25, 0.3) is 0 Å². The van der Waals surface area contributed by atoms with Crippen LogP contribution in [0.1, 0.15) is 98.2 Å². The third-order valence-corrected chi connectivity index (χ3v) is 20.6. The highest BCUT2D eigenvalue weighted by molar-refractivity contribution is 6.30. The summed E-state index contributed by atoms with van der Waals surface area (Å²) >= 11 is 6.28. The highest BCUT2D eigenvalue weighted by Gasteiger charge is 2.41. The molecule has 0 aliphatic carbocycles. The lowest BCUT2D eigenvalue weighted by Gasteiger charge is -2.31. The van der Waals surface area contributed by atoms with Crippen molar-refractivity contribution >= 4 is 87.5 Å². The number of likely N-dealkylation sites (tertiary alicyclic amines) is 1. The third kappa shape index (κ3) is 27.2. The van der Waals surface area contributed by atoms with E-state index in [4.69, 9.17) is 38.3 Å². The number of nitrogens with one attached hydrogen (secondary N) is 9. The minimum absolute atomic E-state index is 0.0276. The first kappa shape index (κ1) is 86.6. The number of morpholine rings is 2. The average Bonchev–Trinajstić information content (AvgIpc) is 1.82. The number of nitrogens with zero attached hydrogens (tertiary/aromatic N) is 3. The lowest BCUT2D eigenvalue weighted by molar-refractivity contribution is -0.142. The van der Waals surface area contributed by atoms with Crippen LogP contribution in [0.2, 0.25) is 5.02 Å². The van der Waals surface area contributed by atoms with E-state index in [-0.39, 0.29) is 57.4 Å². The number of hydrogen-bond acceptors (Lipinski definition) is 17. The predicted molar refractivity (Wildman–Crippen MR) is 426 cm³/mol. The number of nitrogens with two attached hydrogens (primary N) is 3. The number of aliphatic hydroxyl groups is 1. The first-order valence-corrected chi connectivity index (χ1v) is 39.2. The maximum atomic E-state index is 15.5. The summed E-state index contributed by atoms with van der Waals surface area (Å²) in [4.78, 5) is 164. The van der Waals surface area contributed by atoms with Gasteiger partial charge < -0.3 is 84.5 Å². The van der Waals surface area contributed by atoms with Crippen LogP contribution in [0.25, 0.3) is 10.8 Å². The van der Waals surface area contributed by atoms with Gasteiger partial charge in [0.05, 0.1) is 33.0 Å². The summed E-state index contributed by atoms with van der Waals surface area (Å²) in [6.07, 6.45) is 1.18. The van der Waals surface area contributed by atoms with Gasteiger partial charge in [-0.15, -0.1) is 0 Å². The summed E-state index contributed by atoms with van der Waals surface area (Å²) in [6, 6.07) is 28.8. The number of carbonyl (C=O) groups excluding carboxylic acids is 11. The molecule has 0 spiro atoms. The largest absolute Gasteiger partial charge is 0.394 e. The van der Waals surface area contributed by atoms with E-state index in [9.17, 15) is 38.7 Å². The van der Waals surface area contributed by atoms with Crippen LogP contribution in [0.3, 0.4) is 0 Å². The molecule has 606 valence electrons. The van der Waals surface area contributed by atoms with Gasteiger partial charge in [0, 0.05) is 82.9 Å². The number of unbranched alkanes of at least 4 members (excludes halogenated alkanes) is 1. The van der Waals surface area contributed by atoms with Gasteiger partial charge in [-0.05, 0) is 120 Å². The van der Waals surface area contributed by atoms with Crippen LogP contribution < -0.4 is 65.1 Å². The number of primary amides is 2.